The molecular formula is C45H44N2. The Bertz CT molecular complexity index is 2070. The zero-order valence-corrected chi connectivity index (χ0v) is 28.2. The topological polar surface area (TPSA) is 6.48 Å². The first kappa shape index (κ1) is 30.6. The van der Waals surface area contributed by atoms with E-state index in [0.29, 0.717) is 0 Å². The highest BCUT2D eigenvalue weighted by molar-refractivity contribution is 5.97. The third-order valence-corrected chi connectivity index (χ3v) is 9.72. The first-order valence-electron chi connectivity index (χ1n) is 16.8. The number of para-hydroxylation sites is 1. The van der Waals surface area contributed by atoms with Crippen molar-refractivity contribution >= 4 is 38.6 Å². The molecule has 47 heavy (non-hydrogen) atoms. The Labute approximate surface area is 280 Å². The van der Waals surface area contributed by atoms with Gasteiger partial charge < -0.3 is 9.80 Å². The lowest BCUT2D eigenvalue weighted by molar-refractivity contribution is 0.517. The molecule has 7 rings (SSSR count). The molecule has 0 bridgehead atoms. The number of fused-ring (bicyclic) bond motifs is 2. The van der Waals surface area contributed by atoms with Gasteiger partial charge in [0.25, 0.3) is 0 Å². The largest absolute Gasteiger partial charge is 0.334 e. The van der Waals surface area contributed by atoms with Crippen LogP contribution in [0.5, 0.6) is 0 Å². The summed E-state index contributed by atoms with van der Waals surface area (Å²) in [6, 6.07) is 51.1. The predicted octanol–water partition coefficient (Wildman–Crippen LogP) is 12.1. The molecule has 2 heteroatoms. The first-order valence-corrected chi connectivity index (χ1v) is 16.8. The van der Waals surface area contributed by atoms with Gasteiger partial charge in [-0.2, -0.15) is 0 Å². The number of hydrogen-bond donors (Lipinski definition) is 0. The number of anilines is 3. The van der Waals surface area contributed by atoms with E-state index in [4.69, 9.17) is 0 Å². The second kappa shape index (κ2) is 12.3. The van der Waals surface area contributed by atoms with E-state index in [9.17, 15) is 0 Å². The molecule has 6 aromatic carbocycles. The Morgan fingerprint density at radius 1 is 0.553 bits per heavy atom. The monoisotopic (exact) mass is 612 g/mol. The van der Waals surface area contributed by atoms with Crippen LogP contribution in [0.2, 0.25) is 0 Å². The third-order valence-electron chi connectivity index (χ3n) is 9.72. The molecule has 0 radical (unpaired) electrons. The fourth-order valence-corrected chi connectivity index (χ4v) is 7.09. The van der Waals surface area contributed by atoms with Gasteiger partial charge in [-0.3, -0.25) is 0 Å². The minimum atomic E-state index is -0.283. The lowest BCUT2D eigenvalue weighted by Gasteiger charge is -2.43. The van der Waals surface area contributed by atoms with Crippen LogP contribution >= 0.6 is 0 Å². The molecule has 0 aromatic heterocycles. The van der Waals surface area contributed by atoms with Crippen LogP contribution in [0, 0.1) is 0 Å². The molecule has 6 aromatic rings. The number of nitrogens with zero attached hydrogens (tertiary/aromatic N) is 2. The molecule has 0 aliphatic heterocycles. The van der Waals surface area contributed by atoms with Crippen LogP contribution in [-0.2, 0) is 11.0 Å². The predicted molar refractivity (Wildman–Crippen MR) is 203 cm³/mol. The van der Waals surface area contributed by atoms with Crippen molar-refractivity contribution in [2.24, 2.45) is 0 Å². The van der Waals surface area contributed by atoms with Gasteiger partial charge in [0.05, 0.1) is 11.6 Å². The molecule has 0 saturated heterocycles. The van der Waals surface area contributed by atoms with Gasteiger partial charge in [-0.1, -0.05) is 142 Å². The standard InChI is InChI=1S/C45H44N2/c1-44(2,3)36-23-25-37(26-24-36)45(4,5)47(39-18-7-6-8-19-39)40-30-28-38(29-31-40)46(41-27-22-33-14-9-10-16-35(33)32-41)43-21-13-17-34-15-11-12-20-42(34)43/h6-28,30-32,38H,29H2,1-5H3. The zero-order chi connectivity index (χ0) is 32.6. The average Bonchev–Trinajstić information content (AvgIpc) is 3.09. The lowest BCUT2D eigenvalue weighted by Crippen LogP contribution is -2.42. The second-order valence-electron chi connectivity index (χ2n) is 14.2. The van der Waals surface area contributed by atoms with Gasteiger partial charge >= 0.3 is 0 Å². The maximum atomic E-state index is 2.53. The van der Waals surface area contributed by atoms with E-state index < -0.39 is 0 Å². The maximum absolute atomic E-state index is 2.53. The van der Waals surface area contributed by atoms with Crippen molar-refractivity contribution < 1.29 is 0 Å². The average molecular weight is 613 g/mol. The summed E-state index contributed by atoms with van der Waals surface area (Å²) in [6.07, 6.45) is 8.05. The quantitative estimate of drug-likeness (QED) is 0.177. The van der Waals surface area contributed by atoms with Gasteiger partial charge in [0.15, 0.2) is 0 Å². The molecule has 1 unspecified atom stereocenters. The van der Waals surface area contributed by atoms with E-state index in [0.717, 1.165) is 6.42 Å². The van der Waals surface area contributed by atoms with Gasteiger partial charge in [0.2, 0.25) is 0 Å². The van der Waals surface area contributed by atoms with E-state index in [1.807, 2.05) is 0 Å². The molecule has 0 spiro atoms. The van der Waals surface area contributed by atoms with Crippen LogP contribution in [0.25, 0.3) is 21.5 Å². The summed E-state index contributed by atoms with van der Waals surface area (Å²) in [4.78, 5) is 5.03. The van der Waals surface area contributed by atoms with Crippen LogP contribution in [0.15, 0.2) is 163 Å². The summed E-state index contributed by atoms with van der Waals surface area (Å²) in [6.45, 7) is 11.5. The van der Waals surface area contributed by atoms with Crippen LogP contribution in [-0.4, -0.2) is 6.04 Å². The summed E-state index contributed by atoms with van der Waals surface area (Å²) in [5, 5.41) is 5.02. The summed E-state index contributed by atoms with van der Waals surface area (Å²) in [7, 11) is 0. The number of hydrogen-bond acceptors (Lipinski definition) is 2. The van der Waals surface area contributed by atoms with Crippen molar-refractivity contribution in [1.29, 1.82) is 0 Å². The fourth-order valence-electron chi connectivity index (χ4n) is 7.09. The minimum absolute atomic E-state index is 0.117. The molecule has 1 atom stereocenters. The second-order valence-corrected chi connectivity index (χ2v) is 14.2. The van der Waals surface area contributed by atoms with Crippen LogP contribution in [0.1, 0.15) is 52.2 Å². The van der Waals surface area contributed by atoms with E-state index in [1.54, 1.807) is 0 Å². The first-order chi connectivity index (χ1) is 22.7. The Kier molecular flexibility index (Phi) is 7.98. The van der Waals surface area contributed by atoms with Gasteiger partial charge in [-0.15, -0.1) is 0 Å². The van der Waals surface area contributed by atoms with Crippen molar-refractivity contribution in [1.82, 2.24) is 0 Å². The summed E-state index contributed by atoms with van der Waals surface area (Å²) in [5.74, 6) is 0. The highest BCUT2D eigenvalue weighted by Gasteiger charge is 2.33. The highest BCUT2D eigenvalue weighted by Crippen LogP contribution is 2.41. The van der Waals surface area contributed by atoms with Gasteiger partial charge in [0, 0.05) is 28.1 Å². The Morgan fingerprint density at radius 2 is 1.19 bits per heavy atom. The van der Waals surface area contributed by atoms with Crippen LogP contribution in [0.3, 0.4) is 0 Å². The molecule has 0 saturated carbocycles. The van der Waals surface area contributed by atoms with Gasteiger partial charge in [0.1, 0.15) is 0 Å². The van der Waals surface area contributed by atoms with Crippen molar-refractivity contribution in [3.63, 3.8) is 0 Å². The molecule has 0 heterocycles. The number of allylic oxidation sites excluding steroid dienone is 1. The molecule has 1 aliphatic rings. The van der Waals surface area contributed by atoms with Crippen molar-refractivity contribution in [2.75, 3.05) is 9.80 Å². The number of rotatable bonds is 7. The van der Waals surface area contributed by atoms with Gasteiger partial charge in [-0.05, 0) is 89.4 Å². The van der Waals surface area contributed by atoms with Crippen molar-refractivity contribution in [2.45, 2.75) is 58.0 Å². The van der Waals surface area contributed by atoms with E-state index in [1.165, 1.54) is 55.4 Å². The normalized spacial score (nSPS) is 15.1. The molecular weight excluding hydrogens is 569 g/mol. The molecule has 0 amide bonds. The minimum Gasteiger partial charge on any atom is -0.334 e. The number of benzene rings is 6. The molecule has 0 fully saturated rings. The third kappa shape index (κ3) is 5.97. The van der Waals surface area contributed by atoms with Crippen LogP contribution < -0.4 is 9.80 Å². The summed E-state index contributed by atoms with van der Waals surface area (Å²) >= 11 is 0. The zero-order valence-electron chi connectivity index (χ0n) is 28.2. The molecule has 1 aliphatic carbocycles. The van der Waals surface area contributed by atoms with Crippen molar-refractivity contribution in [3.05, 3.63) is 175 Å². The molecule has 0 N–H and O–H groups in total. The van der Waals surface area contributed by atoms with E-state index in [2.05, 4.69) is 202 Å². The Balaban J connectivity index is 1.29. The molecule has 234 valence electrons. The van der Waals surface area contributed by atoms with Gasteiger partial charge in [-0.25, -0.2) is 0 Å². The smallest absolute Gasteiger partial charge is 0.0646 e. The maximum Gasteiger partial charge on any atom is 0.0646 e. The fraction of sp³-hybridized carbons (Fsp3) is 0.200. The van der Waals surface area contributed by atoms with Crippen LogP contribution in [0.4, 0.5) is 17.1 Å². The Hall–Kier alpha value is -5.08. The summed E-state index contributed by atoms with van der Waals surface area (Å²) < 4.78 is 0. The van der Waals surface area contributed by atoms with E-state index in [-0.39, 0.29) is 17.0 Å². The lowest BCUT2D eigenvalue weighted by atomic mass is 9.83. The van der Waals surface area contributed by atoms with E-state index >= 15 is 0 Å². The molecule has 2 nitrogen and oxygen atoms in total. The SMILES string of the molecule is CC(C)(C)c1ccc(C(C)(C)N(C2=CCC(N(c3ccc4ccccc4c3)c3cccc4ccccc34)C=C2)c2ccccc2)cc1. The van der Waals surface area contributed by atoms with Crippen molar-refractivity contribution in [3.8, 4) is 0 Å². The summed E-state index contributed by atoms with van der Waals surface area (Å²) in [5.41, 5.74) is 7.31. The Morgan fingerprint density at radius 3 is 1.89 bits per heavy atom. The highest BCUT2D eigenvalue weighted by atomic mass is 15.2.